The van der Waals surface area contributed by atoms with Crippen LogP contribution >= 0.6 is 11.6 Å². The molecule has 0 heterocycles. The highest BCUT2D eigenvalue weighted by Crippen LogP contribution is 2.15. The number of nitriles is 1. The predicted molar refractivity (Wildman–Crippen MR) is 88.7 cm³/mol. The van der Waals surface area contributed by atoms with Crippen molar-refractivity contribution in [2.45, 2.75) is 6.54 Å². The van der Waals surface area contributed by atoms with Crippen LogP contribution in [-0.2, 0) is 11.3 Å². The molecule has 5 nitrogen and oxygen atoms in total. The zero-order valence-corrected chi connectivity index (χ0v) is 12.8. The van der Waals surface area contributed by atoms with Gasteiger partial charge in [-0.2, -0.15) is 5.26 Å². The first-order valence-corrected chi connectivity index (χ1v) is 7.15. The maximum Gasteiger partial charge on any atom is 0.263 e. The van der Waals surface area contributed by atoms with E-state index in [9.17, 15) is 9.90 Å². The van der Waals surface area contributed by atoms with Gasteiger partial charge in [0.25, 0.3) is 5.91 Å². The van der Waals surface area contributed by atoms with Crippen LogP contribution in [0.25, 0.3) is 0 Å². The Kier molecular flexibility index (Phi) is 5.61. The number of carbonyl (C=O) groups excluding carboxylic acids is 1. The number of hydrogen-bond acceptors (Lipinski definition) is 4. The summed E-state index contributed by atoms with van der Waals surface area (Å²) in [6, 6.07) is 15.3. The summed E-state index contributed by atoms with van der Waals surface area (Å²) < 4.78 is 0. The van der Waals surface area contributed by atoms with Crippen molar-refractivity contribution in [1.29, 1.82) is 5.26 Å². The molecule has 23 heavy (non-hydrogen) atoms. The Balaban J connectivity index is 1.96. The summed E-state index contributed by atoms with van der Waals surface area (Å²) in [4.78, 5) is 12.0. The Labute approximate surface area is 138 Å². The molecule has 0 aliphatic rings. The molecule has 0 aliphatic carbocycles. The number of aromatic hydroxyl groups is 1. The van der Waals surface area contributed by atoms with Gasteiger partial charge in [-0.1, -0.05) is 29.8 Å². The maximum absolute atomic E-state index is 12.0. The van der Waals surface area contributed by atoms with Crippen LogP contribution in [0, 0.1) is 11.3 Å². The first-order chi connectivity index (χ1) is 11.1. The lowest BCUT2D eigenvalue weighted by molar-refractivity contribution is -0.117. The van der Waals surface area contributed by atoms with Crippen molar-refractivity contribution >= 4 is 23.2 Å². The molecule has 0 bridgehead atoms. The molecular weight excluding hydrogens is 314 g/mol. The monoisotopic (exact) mass is 327 g/mol. The minimum atomic E-state index is -0.491. The van der Waals surface area contributed by atoms with Crippen LogP contribution in [0.1, 0.15) is 5.56 Å². The number of phenolic OH excluding ortho intramolecular Hbond substituents is 1. The van der Waals surface area contributed by atoms with Crippen LogP contribution in [0.4, 0.5) is 5.69 Å². The van der Waals surface area contributed by atoms with Gasteiger partial charge < -0.3 is 15.7 Å². The molecule has 0 fully saturated rings. The molecule has 0 atom stereocenters. The fraction of sp³-hybridized carbons (Fsp3) is 0.0588. The zero-order valence-electron chi connectivity index (χ0n) is 12.1. The van der Waals surface area contributed by atoms with Gasteiger partial charge in [0.15, 0.2) is 0 Å². The molecule has 6 heteroatoms. The summed E-state index contributed by atoms with van der Waals surface area (Å²) in [6.07, 6.45) is 1.30. The molecule has 0 radical (unpaired) electrons. The molecule has 2 rings (SSSR count). The van der Waals surface area contributed by atoms with Crippen LogP contribution in [-0.4, -0.2) is 11.0 Å². The van der Waals surface area contributed by atoms with E-state index in [2.05, 4.69) is 10.6 Å². The second kappa shape index (κ2) is 7.87. The number of nitrogens with one attached hydrogen (secondary N) is 2. The van der Waals surface area contributed by atoms with Gasteiger partial charge in [0, 0.05) is 29.5 Å². The number of benzene rings is 2. The second-order valence-electron chi connectivity index (χ2n) is 4.67. The van der Waals surface area contributed by atoms with E-state index in [1.54, 1.807) is 36.4 Å². The minimum absolute atomic E-state index is 0.0673. The molecule has 3 N–H and O–H groups in total. The molecule has 1 amide bonds. The molecule has 0 aromatic heterocycles. The average molecular weight is 328 g/mol. The lowest BCUT2D eigenvalue weighted by Gasteiger charge is -2.06. The molecule has 0 aliphatic heterocycles. The van der Waals surface area contributed by atoms with Crippen LogP contribution in [0.15, 0.2) is 60.3 Å². The van der Waals surface area contributed by atoms with Crippen LogP contribution < -0.4 is 10.6 Å². The predicted octanol–water partition coefficient (Wildman–Crippen LogP) is 3.18. The SMILES string of the molecule is N#C/C(=C/Nc1cccc(O)c1)C(=O)NCc1ccc(Cl)cc1. The lowest BCUT2D eigenvalue weighted by atomic mass is 10.2. The average Bonchev–Trinajstić information content (AvgIpc) is 2.55. The third kappa shape index (κ3) is 5.06. The van der Waals surface area contributed by atoms with Crippen molar-refractivity contribution in [3.8, 4) is 11.8 Å². The second-order valence-corrected chi connectivity index (χ2v) is 5.11. The lowest BCUT2D eigenvalue weighted by Crippen LogP contribution is -2.24. The van der Waals surface area contributed by atoms with Gasteiger partial charge in [0.1, 0.15) is 17.4 Å². The van der Waals surface area contributed by atoms with Crippen molar-refractivity contribution in [1.82, 2.24) is 5.32 Å². The normalized spacial score (nSPS) is 10.7. The third-order valence-corrected chi connectivity index (χ3v) is 3.21. The standard InChI is InChI=1S/C17H14ClN3O2/c18-14-6-4-12(5-7-14)10-21-17(23)13(9-19)11-20-15-2-1-3-16(22)8-15/h1-8,11,20,22H,10H2,(H,21,23)/b13-11-. The number of phenols is 1. The van der Waals surface area contributed by atoms with Gasteiger partial charge >= 0.3 is 0 Å². The Morgan fingerprint density at radius 2 is 2.00 bits per heavy atom. The number of carbonyl (C=O) groups is 1. The van der Waals surface area contributed by atoms with Crippen LogP contribution in [0.2, 0.25) is 5.02 Å². The smallest absolute Gasteiger partial charge is 0.263 e. The Morgan fingerprint density at radius 1 is 1.26 bits per heavy atom. The fourth-order valence-electron chi connectivity index (χ4n) is 1.78. The van der Waals surface area contributed by atoms with E-state index < -0.39 is 5.91 Å². The highest BCUT2D eigenvalue weighted by Gasteiger charge is 2.08. The van der Waals surface area contributed by atoms with Crippen molar-refractivity contribution < 1.29 is 9.90 Å². The topological polar surface area (TPSA) is 85.2 Å². The van der Waals surface area contributed by atoms with E-state index in [4.69, 9.17) is 16.9 Å². The van der Waals surface area contributed by atoms with E-state index in [1.807, 2.05) is 6.07 Å². The fourth-order valence-corrected chi connectivity index (χ4v) is 1.91. The minimum Gasteiger partial charge on any atom is -0.508 e. The highest BCUT2D eigenvalue weighted by molar-refractivity contribution is 6.30. The number of halogens is 1. The zero-order chi connectivity index (χ0) is 16.7. The molecule has 0 unspecified atom stereocenters. The summed E-state index contributed by atoms with van der Waals surface area (Å²) in [5, 5.41) is 24.5. The summed E-state index contributed by atoms with van der Waals surface area (Å²) in [5.41, 5.74) is 1.38. The van der Waals surface area contributed by atoms with Gasteiger partial charge in [0.2, 0.25) is 0 Å². The molecule has 0 saturated heterocycles. The van der Waals surface area contributed by atoms with Crippen molar-refractivity contribution in [2.75, 3.05) is 5.32 Å². The largest absolute Gasteiger partial charge is 0.508 e. The van der Waals surface area contributed by atoms with E-state index >= 15 is 0 Å². The highest BCUT2D eigenvalue weighted by atomic mass is 35.5. The summed E-state index contributed by atoms with van der Waals surface area (Å²) >= 11 is 5.79. The molecule has 0 spiro atoms. The van der Waals surface area contributed by atoms with Gasteiger partial charge in [-0.25, -0.2) is 0 Å². The summed E-state index contributed by atoms with van der Waals surface area (Å²) in [5.74, 6) is -0.399. The van der Waals surface area contributed by atoms with Crippen molar-refractivity contribution in [3.05, 3.63) is 70.9 Å². The van der Waals surface area contributed by atoms with E-state index in [0.29, 0.717) is 17.3 Å². The van der Waals surface area contributed by atoms with Gasteiger partial charge in [-0.15, -0.1) is 0 Å². The van der Waals surface area contributed by atoms with Gasteiger partial charge in [0.05, 0.1) is 0 Å². The molecule has 2 aromatic carbocycles. The van der Waals surface area contributed by atoms with Crippen LogP contribution in [0.3, 0.4) is 0 Å². The van der Waals surface area contributed by atoms with E-state index in [1.165, 1.54) is 18.3 Å². The summed E-state index contributed by atoms with van der Waals surface area (Å²) in [6.45, 7) is 0.293. The number of rotatable bonds is 5. The first kappa shape index (κ1) is 16.4. The molecule has 2 aromatic rings. The quantitative estimate of drug-likeness (QED) is 0.581. The van der Waals surface area contributed by atoms with Crippen molar-refractivity contribution in [3.63, 3.8) is 0 Å². The number of nitrogens with zero attached hydrogens (tertiary/aromatic N) is 1. The Morgan fingerprint density at radius 3 is 2.65 bits per heavy atom. The van der Waals surface area contributed by atoms with Crippen LogP contribution in [0.5, 0.6) is 5.75 Å². The third-order valence-electron chi connectivity index (χ3n) is 2.96. The molecule has 0 saturated carbocycles. The molecule has 116 valence electrons. The van der Waals surface area contributed by atoms with Gasteiger partial charge in [-0.05, 0) is 29.8 Å². The summed E-state index contributed by atoms with van der Waals surface area (Å²) in [7, 11) is 0. The number of anilines is 1. The number of hydrogen-bond donors (Lipinski definition) is 3. The number of amides is 1. The Hall–Kier alpha value is -2.97. The van der Waals surface area contributed by atoms with Gasteiger partial charge in [-0.3, -0.25) is 4.79 Å². The maximum atomic E-state index is 12.0. The van der Waals surface area contributed by atoms with E-state index in [-0.39, 0.29) is 11.3 Å². The van der Waals surface area contributed by atoms with E-state index in [0.717, 1.165) is 5.56 Å². The Bertz CT molecular complexity index is 764. The molecular formula is C17H14ClN3O2. The first-order valence-electron chi connectivity index (χ1n) is 6.77. The van der Waals surface area contributed by atoms with Crippen molar-refractivity contribution in [2.24, 2.45) is 0 Å².